The number of nitrogens with two attached hydrogens (primary N) is 1. The Kier molecular flexibility index (Phi) is 3.74. The van der Waals surface area contributed by atoms with Crippen molar-refractivity contribution < 1.29 is 13.2 Å². The molecule has 0 bridgehead atoms. The summed E-state index contributed by atoms with van der Waals surface area (Å²) in [6.45, 7) is 1.79. The Labute approximate surface area is 107 Å². The molecule has 9 heteroatoms. The van der Waals surface area contributed by atoms with E-state index in [9.17, 15) is 13.2 Å². The van der Waals surface area contributed by atoms with Crippen molar-refractivity contribution in [1.29, 1.82) is 5.41 Å². The number of hydrogen-bond acceptors (Lipinski definition) is 4. The lowest BCUT2D eigenvalue weighted by atomic mass is 10.2. The Hall–Kier alpha value is -1.64. The zero-order chi connectivity index (χ0) is 14.0. The number of amidine groups is 1. The highest BCUT2D eigenvalue weighted by molar-refractivity contribution is 5.76. The zero-order valence-corrected chi connectivity index (χ0v) is 10.2. The Balaban J connectivity index is 1.98. The van der Waals surface area contributed by atoms with Gasteiger partial charge < -0.3 is 10.3 Å². The van der Waals surface area contributed by atoms with Crippen LogP contribution in [0.2, 0.25) is 0 Å². The second-order valence-corrected chi connectivity index (χ2v) is 4.49. The lowest BCUT2D eigenvalue weighted by Gasteiger charge is -2.27. The number of aromatic nitrogens is 3. The highest BCUT2D eigenvalue weighted by Gasteiger charge is 2.39. The Morgan fingerprint density at radius 2 is 2.05 bits per heavy atom. The summed E-state index contributed by atoms with van der Waals surface area (Å²) in [6, 6.07) is 0. The van der Waals surface area contributed by atoms with E-state index in [4.69, 9.17) is 11.1 Å². The molecule has 3 N–H and O–H groups in total. The van der Waals surface area contributed by atoms with E-state index in [1.165, 1.54) is 0 Å². The van der Waals surface area contributed by atoms with Gasteiger partial charge in [0.2, 0.25) is 5.82 Å². The zero-order valence-electron chi connectivity index (χ0n) is 10.2. The predicted octanol–water partition coefficient (Wildman–Crippen LogP) is 0.829. The fraction of sp³-hybridized carbons (Fsp3) is 0.700. The third kappa shape index (κ3) is 3.22. The summed E-state index contributed by atoms with van der Waals surface area (Å²) in [5.41, 5.74) is 5.25. The molecular weight excluding hydrogens is 261 g/mol. The van der Waals surface area contributed by atoms with Crippen molar-refractivity contribution >= 4 is 5.84 Å². The molecule has 1 aromatic rings. The quantitative estimate of drug-likeness (QED) is 0.630. The summed E-state index contributed by atoms with van der Waals surface area (Å²) in [4.78, 5) is 1.99. The molecule has 0 amide bonds. The SMILES string of the molecule is N=C(N)CCCN1CCn2c(nnc2C(F)(F)F)C1. The first-order chi connectivity index (χ1) is 8.88. The molecule has 1 aromatic heterocycles. The van der Waals surface area contributed by atoms with Crippen LogP contribution in [0.4, 0.5) is 13.2 Å². The van der Waals surface area contributed by atoms with Crippen LogP contribution in [0.1, 0.15) is 24.5 Å². The van der Waals surface area contributed by atoms with Crippen molar-refractivity contribution in [3.05, 3.63) is 11.6 Å². The largest absolute Gasteiger partial charge is 0.451 e. The van der Waals surface area contributed by atoms with E-state index in [1.807, 2.05) is 4.90 Å². The van der Waals surface area contributed by atoms with E-state index in [2.05, 4.69) is 10.2 Å². The monoisotopic (exact) mass is 276 g/mol. The van der Waals surface area contributed by atoms with Gasteiger partial charge >= 0.3 is 6.18 Å². The van der Waals surface area contributed by atoms with E-state index >= 15 is 0 Å². The van der Waals surface area contributed by atoms with Crippen molar-refractivity contribution in [1.82, 2.24) is 19.7 Å². The molecule has 0 aromatic carbocycles. The van der Waals surface area contributed by atoms with Crippen molar-refractivity contribution in [3.63, 3.8) is 0 Å². The Morgan fingerprint density at radius 1 is 1.32 bits per heavy atom. The molecule has 0 saturated heterocycles. The fourth-order valence-corrected chi connectivity index (χ4v) is 2.10. The van der Waals surface area contributed by atoms with Gasteiger partial charge in [0.05, 0.1) is 12.4 Å². The van der Waals surface area contributed by atoms with Gasteiger partial charge in [0, 0.05) is 19.5 Å². The number of nitrogens with zero attached hydrogens (tertiary/aromatic N) is 4. The highest BCUT2D eigenvalue weighted by Crippen LogP contribution is 2.29. The summed E-state index contributed by atoms with van der Waals surface area (Å²) in [5.74, 6) is -0.466. The second-order valence-electron chi connectivity index (χ2n) is 4.49. The molecule has 2 heterocycles. The molecule has 0 radical (unpaired) electrons. The maximum absolute atomic E-state index is 12.6. The lowest BCUT2D eigenvalue weighted by Crippen LogP contribution is -2.36. The molecular formula is C10H15F3N6. The third-order valence-electron chi connectivity index (χ3n) is 3.01. The van der Waals surface area contributed by atoms with Crippen molar-refractivity contribution in [2.75, 3.05) is 13.1 Å². The van der Waals surface area contributed by atoms with Crippen LogP contribution in [0, 0.1) is 5.41 Å². The van der Waals surface area contributed by atoms with E-state index in [1.54, 1.807) is 0 Å². The first-order valence-corrected chi connectivity index (χ1v) is 5.92. The summed E-state index contributed by atoms with van der Waals surface area (Å²) in [6.07, 6.45) is -3.24. The predicted molar refractivity (Wildman–Crippen MR) is 61.4 cm³/mol. The van der Waals surface area contributed by atoms with Crippen molar-refractivity contribution in [2.45, 2.75) is 32.1 Å². The summed E-state index contributed by atoms with van der Waals surface area (Å²) in [7, 11) is 0. The number of rotatable bonds is 4. The van der Waals surface area contributed by atoms with Crippen LogP contribution >= 0.6 is 0 Å². The first-order valence-electron chi connectivity index (χ1n) is 5.92. The Morgan fingerprint density at radius 3 is 2.68 bits per heavy atom. The van der Waals surface area contributed by atoms with Crippen LogP contribution < -0.4 is 5.73 Å². The van der Waals surface area contributed by atoms with Gasteiger partial charge in [0.1, 0.15) is 5.82 Å². The van der Waals surface area contributed by atoms with E-state index in [-0.39, 0.29) is 12.4 Å². The Bertz CT molecular complexity index is 466. The number of nitrogens with one attached hydrogen (secondary N) is 1. The molecule has 106 valence electrons. The maximum atomic E-state index is 12.6. The summed E-state index contributed by atoms with van der Waals surface area (Å²) in [5, 5.41) is 13.9. The van der Waals surface area contributed by atoms with Crippen LogP contribution in [0.5, 0.6) is 0 Å². The topological polar surface area (TPSA) is 83.8 Å². The number of halogens is 3. The van der Waals surface area contributed by atoms with E-state index in [0.717, 1.165) is 11.0 Å². The molecule has 0 aliphatic carbocycles. The van der Waals surface area contributed by atoms with Gasteiger partial charge in [0.25, 0.3) is 0 Å². The van der Waals surface area contributed by atoms with Crippen LogP contribution in [0.25, 0.3) is 0 Å². The first kappa shape index (κ1) is 13.8. The van der Waals surface area contributed by atoms with Gasteiger partial charge in [-0.15, -0.1) is 10.2 Å². The minimum atomic E-state index is -4.46. The van der Waals surface area contributed by atoms with E-state index in [0.29, 0.717) is 31.9 Å². The second kappa shape index (κ2) is 5.16. The molecule has 2 rings (SSSR count). The van der Waals surface area contributed by atoms with Crippen molar-refractivity contribution in [2.24, 2.45) is 5.73 Å². The molecule has 19 heavy (non-hydrogen) atoms. The average Bonchev–Trinajstić information content (AvgIpc) is 2.71. The summed E-state index contributed by atoms with van der Waals surface area (Å²) < 4.78 is 39.0. The number of fused-ring (bicyclic) bond motifs is 1. The van der Waals surface area contributed by atoms with Crippen LogP contribution in [0.3, 0.4) is 0 Å². The smallest absolute Gasteiger partial charge is 0.388 e. The highest BCUT2D eigenvalue weighted by atomic mass is 19.4. The molecule has 0 saturated carbocycles. The van der Waals surface area contributed by atoms with Crippen LogP contribution in [0.15, 0.2) is 0 Å². The van der Waals surface area contributed by atoms with Gasteiger partial charge in [-0.1, -0.05) is 0 Å². The van der Waals surface area contributed by atoms with Gasteiger partial charge in [-0.05, 0) is 13.0 Å². The maximum Gasteiger partial charge on any atom is 0.451 e. The normalized spacial score (nSPS) is 16.4. The summed E-state index contributed by atoms with van der Waals surface area (Å²) >= 11 is 0. The molecule has 0 atom stereocenters. The third-order valence-corrected chi connectivity index (χ3v) is 3.01. The van der Waals surface area contributed by atoms with E-state index < -0.39 is 12.0 Å². The van der Waals surface area contributed by atoms with Gasteiger partial charge in [-0.3, -0.25) is 10.3 Å². The van der Waals surface area contributed by atoms with Gasteiger partial charge in [-0.2, -0.15) is 13.2 Å². The average molecular weight is 276 g/mol. The fourth-order valence-electron chi connectivity index (χ4n) is 2.10. The van der Waals surface area contributed by atoms with Crippen molar-refractivity contribution in [3.8, 4) is 0 Å². The number of alkyl halides is 3. The minimum absolute atomic E-state index is 0.125. The standard InChI is InChI=1S/C10H15F3N6/c11-10(12,13)9-17-16-8-6-18(4-5-19(8)9)3-1-2-7(14)15/h1-6H2,(H3,14,15). The van der Waals surface area contributed by atoms with Gasteiger partial charge in [0.15, 0.2) is 0 Å². The molecule has 0 unspecified atom stereocenters. The number of hydrogen-bond donors (Lipinski definition) is 2. The molecule has 1 aliphatic rings. The molecule has 1 aliphatic heterocycles. The van der Waals surface area contributed by atoms with Crippen LogP contribution in [-0.2, 0) is 19.3 Å². The van der Waals surface area contributed by atoms with Crippen LogP contribution in [-0.4, -0.2) is 38.6 Å². The minimum Gasteiger partial charge on any atom is -0.388 e. The molecule has 0 fully saturated rings. The molecule has 0 spiro atoms. The lowest BCUT2D eigenvalue weighted by molar-refractivity contribution is -0.148. The molecule has 6 nitrogen and oxygen atoms in total. The van der Waals surface area contributed by atoms with Gasteiger partial charge in [-0.25, -0.2) is 0 Å².